The number of hydrogen-bond donors (Lipinski definition) is 2. The zero-order valence-corrected chi connectivity index (χ0v) is 21.4. The number of nitrogens with zero attached hydrogens (tertiary/aromatic N) is 3. The lowest BCUT2D eigenvalue weighted by Crippen LogP contribution is -2.49. The van der Waals surface area contributed by atoms with Crippen molar-refractivity contribution in [2.24, 2.45) is 10.8 Å². The van der Waals surface area contributed by atoms with Gasteiger partial charge in [-0.05, 0) is 48.4 Å². The highest BCUT2D eigenvalue weighted by molar-refractivity contribution is 6.30. The third kappa shape index (κ3) is 4.10. The Kier molecular flexibility index (Phi) is 6.30. The van der Waals surface area contributed by atoms with Gasteiger partial charge in [0.1, 0.15) is 11.4 Å². The summed E-state index contributed by atoms with van der Waals surface area (Å²) in [7, 11) is 1.57. The first-order valence-corrected chi connectivity index (χ1v) is 12.6. The van der Waals surface area contributed by atoms with E-state index in [9.17, 15) is 4.79 Å². The Labute approximate surface area is 224 Å². The minimum Gasteiger partial charge on any atom is -0.479 e. The van der Waals surface area contributed by atoms with Crippen LogP contribution in [0.1, 0.15) is 28.9 Å². The molecule has 6 rings (SSSR count). The zero-order chi connectivity index (χ0) is 26.3. The Balaban J connectivity index is 1.44. The van der Waals surface area contributed by atoms with Crippen LogP contribution in [0.15, 0.2) is 76.5 Å². The molecule has 0 aliphatic carbocycles. The molecule has 3 N–H and O–H groups in total. The maximum Gasteiger partial charge on any atom is 0.274 e. The van der Waals surface area contributed by atoms with E-state index in [1.54, 1.807) is 36.4 Å². The molecule has 11 heteroatoms. The van der Waals surface area contributed by atoms with Crippen molar-refractivity contribution < 1.29 is 23.7 Å². The molecule has 4 aliphatic rings. The van der Waals surface area contributed by atoms with Crippen LogP contribution >= 0.6 is 11.6 Å². The second-order valence-electron chi connectivity index (χ2n) is 9.21. The SMILES string of the molecule is COC1=C2Oc3ccc(NC(=O)c4ccc(Cl)cn4)cc3[C@@]3(CCN=CO3)C2=CC(C2=CCOCC2)N1N. The van der Waals surface area contributed by atoms with Crippen molar-refractivity contribution in [3.05, 3.63) is 87.7 Å². The molecule has 1 amide bonds. The molecule has 196 valence electrons. The number of anilines is 1. The molecular formula is C27H26ClN5O5. The Hall–Kier alpha value is -3.86. The Bertz CT molecular complexity index is 1400. The third-order valence-corrected chi connectivity index (χ3v) is 7.29. The fourth-order valence-electron chi connectivity index (χ4n) is 5.21. The number of ether oxygens (including phenoxy) is 4. The molecule has 0 bridgehead atoms. The van der Waals surface area contributed by atoms with E-state index in [2.05, 4.69) is 27.4 Å². The summed E-state index contributed by atoms with van der Waals surface area (Å²) in [6.45, 7) is 1.70. The lowest BCUT2D eigenvalue weighted by atomic mass is 9.76. The van der Waals surface area contributed by atoms with Crippen LogP contribution in [0.25, 0.3) is 0 Å². The monoisotopic (exact) mass is 535 g/mol. The topological polar surface area (TPSA) is 121 Å². The minimum atomic E-state index is -0.918. The van der Waals surface area contributed by atoms with E-state index in [4.69, 9.17) is 36.4 Å². The number of halogens is 1. The number of hydrazine groups is 1. The molecule has 1 unspecified atom stereocenters. The fourth-order valence-corrected chi connectivity index (χ4v) is 5.32. The van der Waals surface area contributed by atoms with Crippen molar-refractivity contribution in [1.82, 2.24) is 9.99 Å². The highest BCUT2D eigenvalue weighted by Gasteiger charge is 2.51. The summed E-state index contributed by atoms with van der Waals surface area (Å²) in [5.74, 6) is 7.68. The summed E-state index contributed by atoms with van der Waals surface area (Å²) in [5.41, 5.74) is 2.59. The molecule has 1 aromatic carbocycles. The van der Waals surface area contributed by atoms with Gasteiger partial charge in [-0.15, -0.1) is 0 Å². The number of aliphatic imine (C=N–C) groups is 1. The van der Waals surface area contributed by atoms with Gasteiger partial charge >= 0.3 is 0 Å². The number of hydrogen-bond acceptors (Lipinski definition) is 9. The van der Waals surface area contributed by atoms with Crippen LogP contribution in [-0.2, 0) is 19.8 Å². The molecule has 38 heavy (non-hydrogen) atoms. The summed E-state index contributed by atoms with van der Waals surface area (Å²) < 4.78 is 24.0. The van der Waals surface area contributed by atoms with Gasteiger partial charge in [0.05, 0.1) is 31.4 Å². The van der Waals surface area contributed by atoms with Gasteiger partial charge in [-0.2, -0.15) is 0 Å². The zero-order valence-electron chi connectivity index (χ0n) is 20.6. The van der Waals surface area contributed by atoms with Crippen molar-refractivity contribution in [3.63, 3.8) is 0 Å². The van der Waals surface area contributed by atoms with Crippen molar-refractivity contribution in [3.8, 4) is 5.75 Å². The molecule has 2 aromatic rings. The highest BCUT2D eigenvalue weighted by Crippen LogP contribution is 2.53. The van der Waals surface area contributed by atoms with E-state index in [0.29, 0.717) is 54.3 Å². The summed E-state index contributed by atoms with van der Waals surface area (Å²) in [6, 6.07) is 8.34. The summed E-state index contributed by atoms with van der Waals surface area (Å²) in [6.07, 6.45) is 8.33. The number of carbonyl (C=O) groups is 1. The number of nitrogens with two attached hydrogens (primary N) is 1. The fraction of sp³-hybridized carbons (Fsp3) is 0.296. The highest BCUT2D eigenvalue weighted by atomic mass is 35.5. The quantitative estimate of drug-likeness (QED) is 0.449. The molecule has 1 spiro atoms. The van der Waals surface area contributed by atoms with Gasteiger partial charge in [-0.1, -0.05) is 17.7 Å². The van der Waals surface area contributed by atoms with Gasteiger partial charge in [0.25, 0.3) is 5.91 Å². The van der Waals surface area contributed by atoms with Crippen molar-refractivity contribution >= 4 is 29.6 Å². The average molecular weight is 536 g/mol. The largest absolute Gasteiger partial charge is 0.479 e. The normalized spacial score (nSPS) is 24.0. The molecule has 2 atom stereocenters. The number of pyridine rings is 1. The molecule has 4 aliphatic heterocycles. The predicted molar refractivity (Wildman–Crippen MR) is 140 cm³/mol. The number of nitrogens with one attached hydrogen (secondary N) is 1. The van der Waals surface area contributed by atoms with E-state index >= 15 is 0 Å². The average Bonchev–Trinajstić information content (AvgIpc) is 2.95. The number of benzene rings is 1. The van der Waals surface area contributed by atoms with Crippen molar-refractivity contribution in [1.29, 1.82) is 0 Å². The van der Waals surface area contributed by atoms with E-state index in [0.717, 1.165) is 23.1 Å². The van der Waals surface area contributed by atoms with Crippen molar-refractivity contribution in [2.45, 2.75) is 24.5 Å². The lowest BCUT2D eigenvalue weighted by molar-refractivity contribution is 0.0486. The van der Waals surface area contributed by atoms with Gasteiger partial charge in [-0.25, -0.2) is 10.8 Å². The first kappa shape index (κ1) is 24.5. The van der Waals surface area contributed by atoms with Crippen LogP contribution in [0.5, 0.6) is 5.75 Å². The summed E-state index contributed by atoms with van der Waals surface area (Å²) >= 11 is 5.91. The Morgan fingerprint density at radius 2 is 2.21 bits per heavy atom. The van der Waals surface area contributed by atoms with Gasteiger partial charge in [0.15, 0.2) is 17.8 Å². The van der Waals surface area contributed by atoms with E-state index in [1.165, 1.54) is 12.6 Å². The molecular weight excluding hydrogens is 510 g/mol. The number of amides is 1. The number of carbonyl (C=O) groups excluding carboxylic acids is 1. The molecule has 1 aromatic heterocycles. The lowest BCUT2D eigenvalue weighted by Gasteiger charge is -2.46. The van der Waals surface area contributed by atoms with Gasteiger partial charge in [-0.3, -0.25) is 14.8 Å². The molecule has 10 nitrogen and oxygen atoms in total. The van der Waals surface area contributed by atoms with Crippen molar-refractivity contribution in [2.75, 3.05) is 32.2 Å². The molecule has 0 fully saturated rings. The van der Waals surface area contributed by atoms with Crippen LogP contribution in [0.2, 0.25) is 5.02 Å². The molecule has 5 heterocycles. The molecule has 0 saturated carbocycles. The second-order valence-corrected chi connectivity index (χ2v) is 9.65. The van der Waals surface area contributed by atoms with Crippen LogP contribution < -0.4 is 15.9 Å². The molecule has 0 saturated heterocycles. The maximum atomic E-state index is 12.9. The third-order valence-electron chi connectivity index (χ3n) is 7.07. The standard InChI is InChI=1S/C27H26ClN5O5/c1-35-26-24-20(13-22(33(26)29)16-6-10-36-11-7-16)27(8-9-30-15-37-27)19-12-18(3-5-23(19)38-24)32-25(34)21-4-2-17(28)14-31-21/h2-6,12-15,22H,7-11,29H2,1H3,(H,32,34)/t22?,27-/m0/s1. The molecule has 0 radical (unpaired) electrons. The Morgan fingerprint density at radius 1 is 1.32 bits per heavy atom. The second kappa shape index (κ2) is 9.79. The number of rotatable bonds is 4. The minimum absolute atomic E-state index is 0.250. The van der Waals surface area contributed by atoms with Gasteiger partial charge in [0.2, 0.25) is 5.88 Å². The van der Waals surface area contributed by atoms with Crippen LogP contribution in [0, 0.1) is 0 Å². The van der Waals surface area contributed by atoms with Crippen LogP contribution in [0.4, 0.5) is 5.69 Å². The summed E-state index contributed by atoms with van der Waals surface area (Å²) in [4.78, 5) is 21.3. The van der Waals surface area contributed by atoms with E-state index in [-0.39, 0.29) is 17.6 Å². The first-order valence-electron chi connectivity index (χ1n) is 12.2. The predicted octanol–water partition coefficient (Wildman–Crippen LogP) is 3.67. The Morgan fingerprint density at radius 3 is 2.92 bits per heavy atom. The van der Waals surface area contributed by atoms with E-state index < -0.39 is 5.60 Å². The van der Waals surface area contributed by atoms with Crippen LogP contribution in [-0.4, -0.2) is 55.2 Å². The summed E-state index contributed by atoms with van der Waals surface area (Å²) in [5, 5.41) is 4.95. The van der Waals surface area contributed by atoms with Gasteiger partial charge in [0, 0.05) is 36.0 Å². The smallest absolute Gasteiger partial charge is 0.274 e. The number of fused-ring (bicyclic) bond motifs is 4. The first-order chi connectivity index (χ1) is 18.5. The van der Waals surface area contributed by atoms with Gasteiger partial charge < -0.3 is 24.3 Å². The van der Waals surface area contributed by atoms with Crippen LogP contribution in [0.3, 0.4) is 0 Å². The number of methoxy groups -OCH3 is 1. The maximum absolute atomic E-state index is 12.9. The number of aromatic nitrogens is 1. The van der Waals surface area contributed by atoms with E-state index in [1.807, 2.05) is 6.07 Å².